The molecule has 0 fully saturated rings. The van der Waals surface area contributed by atoms with Crippen molar-refractivity contribution in [2.45, 2.75) is 26.2 Å². The van der Waals surface area contributed by atoms with Crippen LogP contribution in [0.5, 0.6) is 5.75 Å². The van der Waals surface area contributed by atoms with E-state index in [0.717, 1.165) is 42.3 Å². The van der Waals surface area contributed by atoms with Crippen LogP contribution in [0.3, 0.4) is 0 Å². The summed E-state index contributed by atoms with van der Waals surface area (Å²) < 4.78 is 11.3. The van der Waals surface area contributed by atoms with Crippen LogP contribution in [0.15, 0.2) is 22.7 Å². The van der Waals surface area contributed by atoms with Gasteiger partial charge in [-0.15, -0.1) is 0 Å². The first-order valence-electron chi connectivity index (χ1n) is 7.19. The van der Waals surface area contributed by atoms with E-state index in [9.17, 15) is 0 Å². The summed E-state index contributed by atoms with van der Waals surface area (Å²) in [6, 6.07) is 6.33. The van der Waals surface area contributed by atoms with Crippen molar-refractivity contribution in [1.82, 2.24) is 5.32 Å². The normalized spacial score (nSPS) is 12.4. The van der Waals surface area contributed by atoms with Gasteiger partial charge in [-0.1, -0.05) is 13.0 Å². The Labute approximate surface area is 131 Å². The molecular weight excluding hydrogens is 318 g/mol. The van der Waals surface area contributed by atoms with Crippen molar-refractivity contribution in [3.63, 3.8) is 0 Å². The molecule has 0 saturated carbocycles. The monoisotopic (exact) mass is 343 g/mol. The standard InChI is InChI=1S/C16H26BrNO2/c1-13(8-9-18-10-11-19-2)4-5-14-6-7-16(20-3)15(17)12-14/h6-7,12-13,18H,4-5,8-11H2,1-3H3. The molecule has 0 spiro atoms. The molecule has 0 heterocycles. The molecule has 1 atom stereocenters. The van der Waals surface area contributed by atoms with E-state index in [1.807, 2.05) is 6.07 Å². The average molecular weight is 344 g/mol. The molecule has 0 saturated heterocycles. The van der Waals surface area contributed by atoms with Crippen molar-refractivity contribution >= 4 is 15.9 Å². The minimum absolute atomic E-state index is 0.728. The average Bonchev–Trinajstić information content (AvgIpc) is 2.45. The highest BCUT2D eigenvalue weighted by molar-refractivity contribution is 9.10. The Balaban J connectivity index is 2.23. The molecular formula is C16H26BrNO2. The van der Waals surface area contributed by atoms with E-state index in [2.05, 4.69) is 40.3 Å². The molecule has 20 heavy (non-hydrogen) atoms. The van der Waals surface area contributed by atoms with Gasteiger partial charge in [-0.25, -0.2) is 0 Å². The van der Waals surface area contributed by atoms with Gasteiger partial charge in [-0.05, 0) is 65.4 Å². The second-order valence-corrected chi connectivity index (χ2v) is 6.00. The summed E-state index contributed by atoms with van der Waals surface area (Å²) in [4.78, 5) is 0. The Morgan fingerprint density at radius 1 is 1.20 bits per heavy atom. The van der Waals surface area contributed by atoms with Crippen LogP contribution in [0, 0.1) is 5.92 Å². The molecule has 1 N–H and O–H groups in total. The van der Waals surface area contributed by atoms with Crippen molar-refractivity contribution in [3.8, 4) is 5.75 Å². The lowest BCUT2D eigenvalue weighted by Gasteiger charge is -2.12. The Morgan fingerprint density at radius 2 is 2.00 bits per heavy atom. The molecule has 114 valence electrons. The summed E-state index contributed by atoms with van der Waals surface area (Å²) >= 11 is 3.53. The number of rotatable bonds is 10. The van der Waals surface area contributed by atoms with Crippen molar-refractivity contribution in [2.24, 2.45) is 5.92 Å². The van der Waals surface area contributed by atoms with Gasteiger partial charge in [0.2, 0.25) is 0 Å². The third-order valence-electron chi connectivity index (χ3n) is 3.44. The van der Waals surface area contributed by atoms with Crippen LogP contribution in [-0.4, -0.2) is 33.9 Å². The van der Waals surface area contributed by atoms with Crippen molar-refractivity contribution in [1.29, 1.82) is 0 Å². The molecule has 0 aliphatic carbocycles. The van der Waals surface area contributed by atoms with Crippen LogP contribution in [0.4, 0.5) is 0 Å². The summed E-state index contributed by atoms with van der Waals surface area (Å²) in [5.41, 5.74) is 1.36. The molecule has 1 unspecified atom stereocenters. The smallest absolute Gasteiger partial charge is 0.133 e. The minimum atomic E-state index is 0.728. The van der Waals surface area contributed by atoms with Crippen LogP contribution in [0.1, 0.15) is 25.3 Å². The molecule has 0 radical (unpaired) electrons. The number of hydrogen-bond acceptors (Lipinski definition) is 3. The molecule has 1 rings (SSSR count). The zero-order valence-corrected chi connectivity index (χ0v) is 14.3. The molecule has 4 heteroatoms. The van der Waals surface area contributed by atoms with E-state index in [0.29, 0.717) is 0 Å². The quantitative estimate of drug-likeness (QED) is 0.657. The number of hydrogen-bond donors (Lipinski definition) is 1. The summed E-state index contributed by atoms with van der Waals surface area (Å²) in [6.07, 6.45) is 3.54. The molecule has 3 nitrogen and oxygen atoms in total. The number of nitrogens with one attached hydrogen (secondary N) is 1. The van der Waals surface area contributed by atoms with Gasteiger partial charge in [-0.3, -0.25) is 0 Å². The first-order valence-corrected chi connectivity index (χ1v) is 7.98. The van der Waals surface area contributed by atoms with Crippen molar-refractivity contribution < 1.29 is 9.47 Å². The predicted octanol–water partition coefficient (Wildman–Crippen LogP) is 3.65. The van der Waals surface area contributed by atoms with Crippen LogP contribution in [0.2, 0.25) is 0 Å². The molecule has 1 aromatic carbocycles. The lowest BCUT2D eigenvalue weighted by Crippen LogP contribution is -2.21. The molecule has 0 bridgehead atoms. The molecule has 1 aromatic rings. The highest BCUT2D eigenvalue weighted by Crippen LogP contribution is 2.26. The van der Waals surface area contributed by atoms with Gasteiger partial charge in [0.25, 0.3) is 0 Å². The Morgan fingerprint density at radius 3 is 2.65 bits per heavy atom. The van der Waals surface area contributed by atoms with Gasteiger partial charge < -0.3 is 14.8 Å². The minimum Gasteiger partial charge on any atom is -0.496 e. The van der Waals surface area contributed by atoms with Crippen molar-refractivity contribution in [3.05, 3.63) is 28.2 Å². The Bertz CT molecular complexity index is 385. The maximum absolute atomic E-state index is 5.25. The number of halogens is 1. The Hall–Kier alpha value is -0.580. The van der Waals surface area contributed by atoms with Crippen LogP contribution in [-0.2, 0) is 11.2 Å². The molecule has 0 aliphatic rings. The fourth-order valence-electron chi connectivity index (χ4n) is 2.07. The topological polar surface area (TPSA) is 30.5 Å². The van der Waals surface area contributed by atoms with Gasteiger partial charge in [0.1, 0.15) is 5.75 Å². The lowest BCUT2D eigenvalue weighted by atomic mass is 9.98. The first-order chi connectivity index (χ1) is 9.67. The molecule has 0 aromatic heterocycles. The highest BCUT2D eigenvalue weighted by Gasteiger charge is 2.05. The number of aryl methyl sites for hydroxylation is 1. The van der Waals surface area contributed by atoms with Gasteiger partial charge in [0, 0.05) is 13.7 Å². The third kappa shape index (κ3) is 6.73. The second kappa shape index (κ2) is 10.2. The summed E-state index contributed by atoms with van der Waals surface area (Å²) in [6.45, 7) is 5.11. The lowest BCUT2D eigenvalue weighted by molar-refractivity contribution is 0.199. The predicted molar refractivity (Wildman–Crippen MR) is 87.5 cm³/mol. The van der Waals surface area contributed by atoms with Crippen LogP contribution in [0.25, 0.3) is 0 Å². The third-order valence-corrected chi connectivity index (χ3v) is 4.06. The van der Waals surface area contributed by atoms with Gasteiger partial charge in [0.15, 0.2) is 0 Å². The van der Waals surface area contributed by atoms with E-state index in [1.54, 1.807) is 14.2 Å². The molecule has 0 amide bonds. The second-order valence-electron chi connectivity index (χ2n) is 5.14. The van der Waals surface area contributed by atoms with E-state index < -0.39 is 0 Å². The number of benzene rings is 1. The summed E-state index contributed by atoms with van der Waals surface area (Å²) in [5.74, 6) is 1.62. The van der Waals surface area contributed by atoms with E-state index in [4.69, 9.17) is 9.47 Å². The van der Waals surface area contributed by atoms with E-state index in [-0.39, 0.29) is 0 Å². The maximum atomic E-state index is 5.25. The van der Waals surface area contributed by atoms with Crippen LogP contribution >= 0.6 is 15.9 Å². The molecule has 0 aliphatic heterocycles. The van der Waals surface area contributed by atoms with E-state index >= 15 is 0 Å². The number of ether oxygens (including phenoxy) is 2. The highest BCUT2D eigenvalue weighted by atomic mass is 79.9. The van der Waals surface area contributed by atoms with Gasteiger partial charge in [0.05, 0.1) is 18.2 Å². The van der Waals surface area contributed by atoms with Gasteiger partial charge in [-0.2, -0.15) is 0 Å². The van der Waals surface area contributed by atoms with Gasteiger partial charge >= 0.3 is 0 Å². The maximum Gasteiger partial charge on any atom is 0.133 e. The zero-order valence-electron chi connectivity index (χ0n) is 12.7. The first kappa shape index (κ1) is 17.5. The van der Waals surface area contributed by atoms with E-state index in [1.165, 1.54) is 18.4 Å². The zero-order chi connectivity index (χ0) is 14.8. The summed E-state index contributed by atoms with van der Waals surface area (Å²) in [7, 11) is 3.43. The fourth-order valence-corrected chi connectivity index (χ4v) is 2.66. The SMILES string of the molecule is COCCNCCC(C)CCc1ccc(OC)c(Br)c1. The fraction of sp³-hybridized carbons (Fsp3) is 0.625. The number of methoxy groups -OCH3 is 2. The Kier molecular flexibility index (Phi) is 8.90. The van der Waals surface area contributed by atoms with Crippen LogP contribution < -0.4 is 10.1 Å². The van der Waals surface area contributed by atoms with Crippen molar-refractivity contribution in [2.75, 3.05) is 33.9 Å². The summed E-state index contributed by atoms with van der Waals surface area (Å²) in [5, 5.41) is 3.39. The largest absolute Gasteiger partial charge is 0.496 e.